The highest BCUT2D eigenvalue weighted by atomic mass is 16.6. The van der Waals surface area contributed by atoms with Crippen LogP contribution in [0.25, 0.3) is 122 Å². The Hall–Kier alpha value is -17.1. The highest BCUT2D eigenvalue weighted by Crippen LogP contribution is 2.30. The molecule has 19 rings (SSSR count). The van der Waals surface area contributed by atoms with Crippen LogP contribution >= 0.6 is 0 Å². The molecule has 0 fully saturated rings. The van der Waals surface area contributed by atoms with Gasteiger partial charge in [-0.05, 0) is 143 Å². The number of rotatable bonds is 34. The van der Waals surface area contributed by atoms with Crippen molar-refractivity contribution in [3.8, 4) is 34.2 Å². The molecule has 11 aromatic carbocycles. The van der Waals surface area contributed by atoms with E-state index < -0.39 is 0 Å². The Bertz CT molecular complexity index is 7320. The van der Waals surface area contributed by atoms with Gasteiger partial charge in [-0.15, -0.1) is 0 Å². The minimum Gasteiger partial charge on any atom is -0.466 e. The van der Waals surface area contributed by atoms with Crippen molar-refractivity contribution in [2.24, 2.45) is 0 Å². The molecule has 0 atom stereocenters. The molecule has 8 heterocycles. The summed E-state index contributed by atoms with van der Waals surface area (Å²) in [4.78, 5) is 121. The van der Waals surface area contributed by atoms with Crippen molar-refractivity contribution in [3.05, 3.63) is 316 Å². The normalized spacial score (nSPS) is 10.6. The van der Waals surface area contributed by atoms with Crippen LogP contribution in [0.15, 0.2) is 310 Å². The van der Waals surface area contributed by atoms with Crippen LogP contribution in [0.3, 0.4) is 0 Å². The van der Waals surface area contributed by atoms with Crippen molar-refractivity contribution in [1.82, 2.24) is 76.4 Å². The molecule has 0 bridgehead atoms. The number of unbranched alkanes of at least 4 members (excludes halogenated alkanes) is 2. The van der Waals surface area contributed by atoms with E-state index in [0.717, 1.165) is 193 Å². The van der Waals surface area contributed by atoms with E-state index in [-0.39, 0.29) is 41.8 Å². The summed E-state index contributed by atoms with van der Waals surface area (Å²) < 4.78 is 56.0. The maximum atomic E-state index is 10.9. The third-order valence-electron chi connectivity index (χ3n) is 22.3. The third-order valence-corrected chi connectivity index (χ3v) is 22.3. The molecule has 0 saturated heterocycles. The predicted molar refractivity (Wildman–Crippen MR) is 555 cm³/mol. The molecule has 0 radical (unpaired) electrons. The lowest BCUT2D eigenvalue weighted by Crippen LogP contribution is -2.09. The van der Waals surface area contributed by atoms with Gasteiger partial charge in [0.25, 0.3) is 6.47 Å². The monoisotopic (exact) mass is 1940 g/mol. The van der Waals surface area contributed by atoms with E-state index in [9.17, 15) is 38.4 Å². The van der Waals surface area contributed by atoms with Gasteiger partial charge in [-0.25, -0.2) is 39.9 Å². The van der Waals surface area contributed by atoms with Gasteiger partial charge in [0.05, 0.1) is 166 Å². The van der Waals surface area contributed by atoms with Crippen LogP contribution < -0.4 is 0 Å². The number of fused-ring (bicyclic) bond motifs is 8. The van der Waals surface area contributed by atoms with Crippen molar-refractivity contribution in [1.29, 1.82) is 0 Å². The first-order valence-electron chi connectivity index (χ1n) is 47.7. The van der Waals surface area contributed by atoms with Crippen molar-refractivity contribution in [2.75, 3.05) is 52.9 Å². The fourth-order valence-electron chi connectivity index (χ4n) is 15.7. The van der Waals surface area contributed by atoms with Gasteiger partial charge in [0.15, 0.2) is 0 Å². The molecule has 32 nitrogen and oxygen atoms in total. The number of aryl methyl sites for hydroxylation is 5. The summed E-state index contributed by atoms with van der Waals surface area (Å²) in [5, 5.41) is 0. The van der Waals surface area contributed by atoms with Crippen molar-refractivity contribution >= 4 is 137 Å². The molecule has 144 heavy (non-hydrogen) atoms. The predicted octanol–water partition coefficient (Wildman–Crippen LogP) is 20.1. The quantitative estimate of drug-likeness (QED) is 0.0156. The second-order valence-electron chi connectivity index (χ2n) is 32.8. The first-order valence-corrected chi connectivity index (χ1v) is 47.7. The van der Waals surface area contributed by atoms with Crippen molar-refractivity contribution in [2.45, 2.75) is 146 Å². The molecule has 0 amide bonds. The standard InChI is InChI=1S/C19H20N2O2.C18H18N2O2.C17H16N2O2.C13H16N2O2.2C12H14N2O2.C11H12N2O2.C10H10N2O2/c1-15(22)23-14-8-7-13-21-18-12-6-5-11-17(18)20-19(21)16-9-3-2-4-10-16;1-14(21)22-13-7-12-20-17-11-6-5-10-16(17)19-18(20)15-8-3-2-4-9-15;1-13(20)21-12-11-19-16-10-6-5-9-15(16)18-17(19)14-7-3-2-4-8-14;1-11(16)17-9-5-4-8-15-10-14-12-6-2-3-7-13(12)15;1-9-13-11-5-3-4-6-12(11)14(9)7-8-16-10(2)15;1-10(15)16-8-4-7-14-9-13-11-5-2-3-6-12(11)14;1-9(14)15-7-6-13-8-12-10-4-2-3-5-11(10)13;13-8-14-6-5-12-7-11-9-3-1-2-4-10(9)12/h2-6,9-12H,7-8,13-14H2,1H3;2-6,8-11H,7,12-13H2,1H3;2-10H,11-12H2,1H3;2-3,6-7,10H,4-5,8-9H2,1H3;3-6H,7-8H2,1-2H3;2-3,5-6,9H,4,7-8H2,1H3;2-5,8H,6-7H2,1H3;1-4,7-8H,5-6H2. The fourth-order valence-corrected chi connectivity index (χ4v) is 15.7. The highest BCUT2D eigenvalue weighted by Gasteiger charge is 2.18. The van der Waals surface area contributed by atoms with Crippen molar-refractivity contribution < 1.29 is 76.3 Å². The number of benzene rings is 11. The van der Waals surface area contributed by atoms with Gasteiger partial charge in [0.1, 0.15) is 49.7 Å². The number of nitrogens with zero attached hydrogens (tertiary/aromatic N) is 16. The Kier molecular flexibility index (Phi) is 41.3. The number of para-hydroxylation sites is 16. The van der Waals surface area contributed by atoms with E-state index >= 15 is 0 Å². The molecule has 0 spiro atoms. The van der Waals surface area contributed by atoms with E-state index in [1.165, 1.54) is 48.5 Å². The van der Waals surface area contributed by atoms with Gasteiger partial charge in [0.2, 0.25) is 0 Å². The van der Waals surface area contributed by atoms with E-state index in [1.807, 2.05) is 271 Å². The maximum Gasteiger partial charge on any atom is 0.302 e. The van der Waals surface area contributed by atoms with Crippen LogP contribution in [0.4, 0.5) is 0 Å². The van der Waals surface area contributed by atoms with Crippen LogP contribution in [0.5, 0.6) is 0 Å². The number of carbonyl (C=O) groups excluding carboxylic acids is 8. The molecule has 744 valence electrons. The summed E-state index contributed by atoms with van der Waals surface area (Å²) in [5.41, 5.74) is 19.8. The first-order chi connectivity index (χ1) is 70.2. The number of ether oxygens (including phenoxy) is 8. The molecule has 8 aromatic heterocycles. The fraction of sp³-hybridized carbons (Fsp3) is 0.268. The minimum atomic E-state index is -0.263. The number of imidazole rings is 8. The Labute approximate surface area is 834 Å². The maximum absolute atomic E-state index is 10.9. The highest BCUT2D eigenvalue weighted by molar-refractivity contribution is 5.85. The number of aromatic nitrogens is 16. The zero-order valence-electron chi connectivity index (χ0n) is 82.3. The Morgan fingerprint density at radius 3 is 0.792 bits per heavy atom. The van der Waals surface area contributed by atoms with Gasteiger partial charge in [0, 0.05) is 91.3 Å². The van der Waals surface area contributed by atoms with Crippen LogP contribution in [0.2, 0.25) is 0 Å². The second kappa shape index (κ2) is 56.3. The van der Waals surface area contributed by atoms with Gasteiger partial charge < -0.3 is 74.4 Å². The molecule has 0 aliphatic heterocycles. The molecule has 0 saturated carbocycles. The minimum absolute atomic E-state index is 0.210. The summed E-state index contributed by atoms with van der Waals surface area (Å²) in [7, 11) is 0. The lowest BCUT2D eigenvalue weighted by atomic mass is 10.2. The van der Waals surface area contributed by atoms with Gasteiger partial charge in [-0.3, -0.25) is 38.4 Å². The first kappa shape index (κ1) is 106. The molecule has 32 heteroatoms. The summed E-state index contributed by atoms with van der Waals surface area (Å²) in [5.74, 6) is 2.11. The molecular weight excluding hydrogens is 1830 g/mol. The topological polar surface area (TPSA) is 353 Å². The number of hydrogen-bond acceptors (Lipinski definition) is 24. The van der Waals surface area contributed by atoms with E-state index in [4.69, 9.17) is 48.1 Å². The van der Waals surface area contributed by atoms with Crippen molar-refractivity contribution in [3.63, 3.8) is 0 Å². The molecule has 19 aromatic rings. The smallest absolute Gasteiger partial charge is 0.302 e. The number of hydrogen-bond donors (Lipinski definition) is 0. The summed E-state index contributed by atoms with van der Waals surface area (Å²) in [6.07, 6.45) is 12.4. The summed E-state index contributed by atoms with van der Waals surface area (Å²) >= 11 is 0. The van der Waals surface area contributed by atoms with Crippen LogP contribution in [0.1, 0.15) is 92.8 Å². The number of esters is 7. The molecule has 0 N–H and O–H groups in total. The number of carbonyl (C=O) groups is 8. The Morgan fingerprint density at radius 1 is 0.229 bits per heavy atom. The lowest BCUT2D eigenvalue weighted by Gasteiger charge is -2.09. The molecular formula is C112H120N16O16. The van der Waals surface area contributed by atoms with Gasteiger partial charge >= 0.3 is 41.8 Å². The van der Waals surface area contributed by atoms with E-state index in [2.05, 4.69) is 99.5 Å². The largest absolute Gasteiger partial charge is 0.466 e. The summed E-state index contributed by atoms with van der Waals surface area (Å²) in [6, 6.07) is 94.3. The molecule has 0 aliphatic carbocycles. The molecule has 0 aliphatic rings. The average molecular weight is 1950 g/mol. The molecule has 0 unspecified atom stereocenters. The Morgan fingerprint density at radius 2 is 0.458 bits per heavy atom. The Balaban J connectivity index is 0.000000148. The van der Waals surface area contributed by atoms with Crippen LogP contribution in [-0.4, -0.2) is 178 Å². The van der Waals surface area contributed by atoms with Crippen LogP contribution in [0, 0.1) is 6.92 Å². The van der Waals surface area contributed by atoms with E-state index in [1.54, 1.807) is 12.7 Å². The SMILES string of the molecule is CC(=O)OCCCCn1c(-c2ccccc2)nc2ccccc21.CC(=O)OCCCCn1cnc2ccccc21.CC(=O)OCCCn1c(-c2ccccc2)nc2ccccc21.CC(=O)OCCCn1cnc2ccccc21.CC(=O)OCCn1c(-c2ccccc2)nc2ccccc21.CC(=O)OCCn1c(C)nc2ccccc21.CC(=O)OCCn1cnc2ccccc21.O=COCCn1cnc2ccccc21. The van der Waals surface area contributed by atoms with Crippen LogP contribution in [-0.2, 0) is 129 Å². The van der Waals surface area contributed by atoms with Gasteiger partial charge in [-0.1, -0.05) is 188 Å². The lowest BCUT2D eigenvalue weighted by molar-refractivity contribution is -0.142. The second-order valence-corrected chi connectivity index (χ2v) is 32.8. The van der Waals surface area contributed by atoms with Gasteiger partial charge in [-0.2, -0.15) is 0 Å². The average Bonchev–Trinajstić information content (AvgIpc) is 1.65. The van der Waals surface area contributed by atoms with E-state index in [0.29, 0.717) is 85.5 Å². The third kappa shape index (κ3) is 32.3. The zero-order chi connectivity index (χ0) is 102. The summed E-state index contributed by atoms with van der Waals surface area (Å²) in [6.45, 7) is 21.6. The zero-order valence-corrected chi connectivity index (χ0v) is 82.3.